The molecule has 0 fully saturated rings. The number of hydrogen-bond acceptors (Lipinski definition) is 1. The van der Waals surface area contributed by atoms with E-state index < -0.39 is 0 Å². The van der Waals surface area contributed by atoms with Crippen molar-refractivity contribution in [3.63, 3.8) is 0 Å². The van der Waals surface area contributed by atoms with Gasteiger partial charge in [0.2, 0.25) is 0 Å². The van der Waals surface area contributed by atoms with Gasteiger partial charge in [0.1, 0.15) is 0 Å². The van der Waals surface area contributed by atoms with E-state index in [2.05, 4.69) is 179 Å². The molecule has 51 heavy (non-hydrogen) atoms. The van der Waals surface area contributed by atoms with Crippen molar-refractivity contribution in [1.82, 2.24) is 8.97 Å². The molecule has 0 saturated carbocycles. The third-order valence-electron chi connectivity index (χ3n) is 11.1. The minimum absolute atomic E-state index is 1.15. The molecular weight excluding hydrogens is 637 g/mol. The molecule has 0 unspecified atom stereocenters. The lowest BCUT2D eigenvalue weighted by molar-refractivity contribution is 1.18. The molecule has 0 aliphatic heterocycles. The van der Waals surface area contributed by atoms with E-state index in [4.69, 9.17) is 0 Å². The Morgan fingerprint density at radius 1 is 0.314 bits per heavy atom. The summed E-state index contributed by atoms with van der Waals surface area (Å²) < 4.78 is 7.76. The van der Waals surface area contributed by atoms with Crippen LogP contribution in [0.25, 0.3) is 108 Å². The average Bonchev–Trinajstić information content (AvgIpc) is 3.86. The maximum Gasteiger partial charge on any atom is 0.0789 e. The molecule has 0 amide bonds. The molecule has 236 valence electrons. The molecule has 3 heteroatoms. The largest absolute Gasteiger partial charge is 0.307 e. The second-order valence-corrected chi connectivity index (χ2v) is 14.7. The molecule has 12 aromatic rings. The summed E-state index contributed by atoms with van der Waals surface area (Å²) in [5.74, 6) is 0. The highest BCUT2D eigenvalue weighted by Gasteiger charge is 2.23. The van der Waals surface area contributed by atoms with Gasteiger partial charge in [-0.05, 0) is 63.7 Å². The number of fused-ring (bicyclic) bond motifs is 12. The van der Waals surface area contributed by atoms with Crippen molar-refractivity contribution >= 4 is 102 Å². The van der Waals surface area contributed by atoms with Crippen LogP contribution in [-0.2, 0) is 0 Å². The molecule has 4 aromatic heterocycles. The van der Waals surface area contributed by atoms with Gasteiger partial charge in [-0.1, -0.05) is 133 Å². The van der Waals surface area contributed by atoms with Crippen LogP contribution in [0.2, 0.25) is 0 Å². The Balaban J connectivity index is 1.38. The second kappa shape index (κ2) is 10.1. The number of thiophene rings is 1. The Morgan fingerprint density at radius 3 is 1.65 bits per heavy atom. The molecule has 4 heterocycles. The van der Waals surface area contributed by atoms with Crippen LogP contribution in [0.1, 0.15) is 0 Å². The average molecular weight is 665 g/mol. The van der Waals surface area contributed by atoms with Crippen LogP contribution < -0.4 is 0 Å². The normalized spacial score (nSPS) is 12.3. The quantitative estimate of drug-likeness (QED) is 0.174. The first-order chi connectivity index (χ1) is 25.3. The van der Waals surface area contributed by atoms with E-state index in [1.807, 2.05) is 11.3 Å². The zero-order chi connectivity index (χ0) is 33.2. The zero-order valence-corrected chi connectivity index (χ0v) is 28.3. The molecule has 0 radical (unpaired) electrons. The highest BCUT2D eigenvalue weighted by atomic mass is 32.1. The lowest BCUT2D eigenvalue weighted by Gasteiger charge is -2.11. The van der Waals surface area contributed by atoms with E-state index >= 15 is 0 Å². The van der Waals surface area contributed by atoms with Crippen molar-refractivity contribution in [3.8, 4) is 16.8 Å². The Bertz CT molecular complexity index is 3400. The van der Waals surface area contributed by atoms with Crippen LogP contribution in [0.5, 0.6) is 0 Å². The van der Waals surface area contributed by atoms with E-state index in [-0.39, 0.29) is 0 Å². The van der Waals surface area contributed by atoms with Crippen molar-refractivity contribution in [3.05, 3.63) is 170 Å². The second-order valence-electron chi connectivity index (χ2n) is 13.6. The van der Waals surface area contributed by atoms with E-state index in [1.54, 1.807) is 0 Å². The number of benzene rings is 8. The van der Waals surface area contributed by atoms with E-state index in [0.717, 1.165) is 5.69 Å². The van der Waals surface area contributed by atoms with E-state index in [1.165, 1.54) is 102 Å². The Labute approximate surface area is 296 Å². The first-order valence-electron chi connectivity index (χ1n) is 17.5. The lowest BCUT2D eigenvalue weighted by atomic mass is 10.0. The highest BCUT2D eigenvalue weighted by molar-refractivity contribution is 7.26. The molecule has 0 bridgehead atoms. The van der Waals surface area contributed by atoms with E-state index in [9.17, 15) is 0 Å². The summed E-state index contributed by atoms with van der Waals surface area (Å²) in [5.41, 5.74) is 9.76. The minimum Gasteiger partial charge on any atom is -0.307 e. The monoisotopic (exact) mass is 664 g/mol. The number of hydrogen-bond donors (Lipinski definition) is 0. The van der Waals surface area contributed by atoms with Crippen LogP contribution >= 0.6 is 11.3 Å². The number of nitrogens with zero attached hydrogens (tertiary/aromatic N) is 2. The van der Waals surface area contributed by atoms with Gasteiger partial charge in [0.05, 0.1) is 27.6 Å². The summed E-state index contributed by atoms with van der Waals surface area (Å²) in [4.78, 5) is 0. The molecule has 12 rings (SSSR count). The first-order valence-corrected chi connectivity index (χ1v) is 18.3. The SMILES string of the molecule is c1ccc(-c2ccc(-n3c4ccccc4c4ccc5c6ccc7sc8cccc9c%10ccccc%10c%10ccccc%10n(c6c7c89)c5c43)cc2)cc1. The fraction of sp³-hybridized carbons (Fsp3) is 0. The summed E-state index contributed by atoms with van der Waals surface area (Å²) in [6, 6.07) is 62.9. The molecule has 0 saturated heterocycles. The minimum atomic E-state index is 1.15. The maximum atomic E-state index is 2.61. The van der Waals surface area contributed by atoms with Gasteiger partial charge in [-0.3, -0.25) is 0 Å². The van der Waals surface area contributed by atoms with Crippen LogP contribution in [0, 0.1) is 0 Å². The van der Waals surface area contributed by atoms with Gasteiger partial charge in [-0.2, -0.15) is 0 Å². The summed E-state index contributed by atoms with van der Waals surface area (Å²) >= 11 is 1.90. The molecular formula is C48H28N2S. The third-order valence-corrected chi connectivity index (χ3v) is 12.2. The zero-order valence-electron chi connectivity index (χ0n) is 27.5. The number of aromatic nitrogens is 2. The van der Waals surface area contributed by atoms with Gasteiger partial charge in [0.25, 0.3) is 0 Å². The molecule has 2 nitrogen and oxygen atoms in total. The summed E-state index contributed by atoms with van der Waals surface area (Å²) in [6.45, 7) is 0. The molecule has 0 spiro atoms. The molecule has 0 N–H and O–H groups in total. The van der Waals surface area contributed by atoms with Crippen molar-refractivity contribution in [2.75, 3.05) is 0 Å². The smallest absolute Gasteiger partial charge is 0.0789 e. The van der Waals surface area contributed by atoms with Crippen LogP contribution in [-0.4, -0.2) is 8.97 Å². The van der Waals surface area contributed by atoms with Gasteiger partial charge in [-0.25, -0.2) is 0 Å². The molecule has 0 aliphatic rings. The van der Waals surface area contributed by atoms with Gasteiger partial charge >= 0.3 is 0 Å². The standard InChI is InChI=1S/C48H28N2S/c1-2-11-29(12-3-1)30-21-23-31(24-22-30)49-40-18-8-7-16-35(40)37-25-26-39-38-27-28-43-45-44-36(17-10-20-42(44)51-43)33-14-5-4-13-32(33)34-15-6-9-19-41(34)50(46(38)45)48(39)47(37)49/h1-28H. The van der Waals surface area contributed by atoms with Crippen molar-refractivity contribution in [1.29, 1.82) is 0 Å². The fourth-order valence-electron chi connectivity index (χ4n) is 8.95. The lowest BCUT2D eigenvalue weighted by Crippen LogP contribution is -1.96. The van der Waals surface area contributed by atoms with Crippen molar-refractivity contribution in [2.24, 2.45) is 0 Å². The van der Waals surface area contributed by atoms with Crippen molar-refractivity contribution in [2.45, 2.75) is 0 Å². The fourth-order valence-corrected chi connectivity index (χ4v) is 10.1. The Kier molecular flexibility index (Phi) is 5.41. The Morgan fingerprint density at radius 2 is 0.863 bits per heavy atom. The molecule has 8 aromatic carbocycles. The Hall–Kier alpha value is -6.42. The van der Waals surface area contributed by atoms with Crippen LogP contribution in [0.4, 0.5) is 0 Å². The van der Waals surface area contributed by atoms with Gasteiger partial charge < -0.3 is 8.97 Å². The van der Waals surface area contributed by atoms with Gasteiger partial charge in [-0.15, -0.1) is 11.3 Å². The molecule has 0 atom stereocenters. The number of rotatable bonds is 2. The summed E-state index contributed by atoms with van der Waals surface area (Å²) in [7, 11) is 0. The third kappa shape index (κ3) is 3.60. The topological polar surface area (TPSA) is 9.34 Å². The maximum absolute atomic E-state index is 2.61. The van der Waals surface area contributed by atoms with Crippen LogP contribution in [0.3, 0.4) is 0 Å². The first kappa shape index (κ1) is 27.4. The van der Waals surface area contributed by atoms with Crippen molar-refractivity contribution < 1.29 is 0 Å². The van der Waals surface area contributed by atoms with Gasteiger partial charge in [0, 0.05) is 52.8 Å². The summed E-state index contributed by atoms with van der Waals surface area (Å²) in [6.07, 6.45) is 0. The predicted molar refractivity (Wildman–Crippen MR) is 220 cm³/mol. The molecule has 0 aliphatic carbocycles. The van der Waals surface area contributed by atoms with E-state index in [0.29, 0.717) is 0 Å². The number of para-hydroxylation sites is 2. The van der Waals surface area contributed by atoms with Crippen LogP contribution in [0.15, 0.2) is 170 Å². The van der Waals surface area contributed by atoms with Gasteiger partial charge in [0.15, 0.2) is 0 Å². The summed E-state index contributed by atoms with van der Waals surface area (Å²) in [5, 5.41) is 12.8. The predicted octanol–water partition coefficient (Wildman–Crippen LogP) is 13.7. The highest BCUT2D eigenvalue weighted by Crippen LogP contribution is 2.48.